The molecule has 0 saturated heterocycles. The molecule has 0 aliphatic heterocycles. The van der Waals surface area contributed by atoms with Crippen LogP contribution in [0, 0.1) is 16.0 Å². The van der Waals surface area contributed by atoms with E-state index >= 15 is 0 Å². The second-order valence-corrected chi connectivity index (χ2v) is 7.53. The number of hydrogen-bond acceptors (Lipinski definition) is 8. The normalized spacial score (nSPS) is 12.3. The molecule has 12 nitrogen and oxygen atoms in total. The number of hydrogen-bond donors (Lipinski definition) is 3. The molecule has 0 spiro atoms. The quantitative estimate of drug-likeness (QED) is 0.331. The molecule has 0 saturated carbocycles. The monoisotopic (exact) mass is 432 g/mol. The third-order valence-corrected chi connectivity index (χ3v) is 4.56. The Kier molecular flexibility index (Phi) is 6.39. The molecule has 0 radical (unpaired) electrons. The summed E-state index contributed by atoms with van der Waals surface area (Å²) in [5.41, 5.74) is -0.902. The Balaban J connectivity index is 1.83. The van der Waals surface area contributed by atoms with Gasteiger partial charge in [0.2, 0.25) is 5.95 Å². The first kappa shape index (κ1) is 22.0. The molecular weight excluding hydrogens is 408 g/mol. The first-order chi connectivity index (χ1) is 14.7. The number of ether oxygens (including phenoxy) is 1. The maximum Gasteiger partial charge on any atom is 0.329 e. The molecule has 1 atom stereocenters. The highest BCUT2D eigenvalue weighted by molar-refractivity contribution is 5.74. The number of non-ortho nitro benzene ring substituents is 1. The van der Waals surface area contributed by atoms with Crippen LogP contribution in [0.4, 0.5) is 11.6 Å². The van der Waals surface area contributed by atoms with Gasteiger partial charge in [-0.1, -0.05) is 13.8 Å². The Hall–Kier alpha value is -3.67. The highest BCUT2D eigenvalue weighted by atomic mass is 16.6. The van der Waals surface area contributed by atoms with Crippen LogP contribution in [-0.2, 0) is 13.6 Å². The van der Waals surface area contributed by atoms with Crippen molar-refractivity contribution in [2.75, 3.05) is 18.5 Å². The second-order valence-electron chi connectivity index (χ2n) is 7.53. The predicted octanol–water partition coefficient (Wildman–Crippen LogP) is 0.839. The molecule has 2 aromatic heterocycles. The van der Waals surface area contributed by atoms with E-state index in [9.17, 15) is 24.8 Å². The molecule has 0 aliphatic carbocycles. The molecule has 3 aromatic rings. The zero-order valence-electron chi connectivity index (χ0n) is 17.4. The van der Waals surface area contributed by atoms with Crippen LogP contribution < -0.4 is 21.3 Å². The van der Waals surface area contributed by atoms with E-state index in [1.54, 1.807) is 0 Å². The van der Waals surface area contributed by atoms with Gasteiger partial charge in [0.15, 0.2) is 11.2 Å². The Morgan fingerprint density at radius 3 is 2.58 bits per heavy atom. The molecule has 2 heterocycles. The lowest BCUT2D eigenvalue weighted by atomic mass is 10.2. The summed E-state index contributed by atoms with van der Waals surface area (Å²) in [4.78, 5) is 41.2. The molecule has 0 aliphatic rings. The minimum atomic E-state index is -1.02. The number of nitro groups is 1. The summed E-state index contributed by atoms with van der Waals surface area (Å²) in [7, 11) is 1.50. The van der Waals surface area contributed by atoms with Crippen LogP contribution in [0.5, 0.6) is 5.75 Å². The van der Waals surface area contributed by atoms with Gasteiger partial charge in [-0.15, -0.1) is 0 Å². The molecule has 0 unspecified atom stereocenters. The number of nitro benzene ring substituents is 1. The average molecular weight is 432 g/mol. The van der Waals surface area contributed by atoms with Crippen molar-refractivity contribution in [1.82, 2.24) is 19.1 Å². The Morgan fingerprint density at radius 2 is 1.97 bits per heavy atom. The number of imidazole rings is 1. The molecule has 0 fully saturated rings. The fourth-order valence-corrected chi connectivity index (χ4v) is 2.96. The fraction of sp³-hybridized carbons (Fsp3) is 0.421. The van der Waals surface area contributed by atoms with Gasteiger partial charge in [-0.05, 0) is 18.1 Å². The zero-order valence-corrected chi connectivity index (χ0v) is 17.4. The number of aromatic nitrogens is 4. The van der Waals surface area contributed by atoms with E-state index in [2.05, 4.69) is 15.3 Å². The summed E-state index contributed by atoms with van der Waals surface area (Å²) >= 11 is 0. The number of aliphatic hydroxyl groups excluding tert-OH is 1. The van der Waals surface area contributed by atoms with Crippen LogP contribution in [-0.4, -0.2) is 48.4 Å². The summed E-state index contributed by atoms with van der Waals surface area (Å²) < 4.78 is 8.25. The van der Waals surface area contributed by atoms with E-state index in [4.69, 9.17) is 4.74 Å². The number of H-pyrrole nitrogens is 1. The number of fused-ring (bicyclic) bond motifs is 1. The van der Waals surface area contributed by atoms with Crippen LogP contribution in [0.1, 0.15) is 13.8 Å². The van der Waals surface area contributed by atoms with Gasteiger partial charge in [0.25, 0.3) is 11.2 Å². The van der Waals surface area contributed by atoms with Crippen LogP contribution in [0.2, 0.25) is 0 Å². The fourth-order valence-electron chi connectivity index (χ4n) is 2.96. The van der Waals surface area contributed by atoms with Gasteiger partial charge in [0.05, 0.1) is 11.5 Å². The topological polar surface area (TPSA) is 157 Å². The van der Waals surface area contributed by atoms with Crippen LogP contribution in [0.15, 0.2) is 33.9 Å². The molecule has 3 rings (SSSR count). The van der Waals surface area contributed by atoms with E-state index in [1.807, 2.05) is 13.8 Å². The first-order valence-corrected chi connectivity index (χ1v) is 9.66. The highest BCUT2D eigenvalue weighted by Crippen LogP contribution is 2.19. The van der Waals surface area contributed by atoms with E-state index in [0.29, 0.717) is 24.2 Å². The van der Waals surface area contributed by atoms with Crippen molar-refractivity contribution in [3.8, 4) is 5.75 Å². The third kappa shape index (κ3) is 4.91. The lowest BCUT2D eigenvalue weighted by Gasteiger charge is -2.16. The summed E-state index contributed by atoms with van der Waals surface area (Å²) in [6, 6.07) is 5.49. The number of rotatable bonds is 9. The Bertz CT molecular complexity index is 1190. The molecule has 166 valence electrons. The minimum Gasteiger partial charge on any atom is -0.491 e. The molecule has 0 bridgehead atoms. The van der Waals surface area contributed by atoms with Gasteiger partial charge < -0.3 is 19.7 Å². The zero-order chi connectivity index (χ0) is 22.7. The smallest absolute Gasteiger partial charge is 0.329 e. The van der Waals surface area contributed by atoms with Crippen LogP contribution in [0.3, 0.4) is 0 Å². The van der Waals surface area contributed by atoms with E-state index < -0.39 is 22.3 Å². The molecule has 0 amide bonds. The van der Waals surface area contributed by atoms with E-state index in [0.717, 1.165) is 0 Å². The molecule has 31 heavy (non-hydrogen) atoms. The third-order valence-electron chi connectivity index (χ3n) is 4.56. The van der Waals surface area contributed by atoms with Crippen LogP contribution in [0.25, 0.3) is 11.2 Å². The van der Waals surface area contributed by atoms with Crippen molar-refractivity contribution in [3.05, 3.63) is 55.2 Å². The van der Waals surface area contributed by atoms with E-state index in [-0.39, 0.29) is 30.0 Å². The second kappa shape index (κ2) is 9.00. The van der Waals surface area contributed by atoms with Crippen molar-refractivity contribution >= 4 is 22.8 Å². The van der Waals surface area contributed by atoms with Crippen molar-refractivity contribution in [3.63, 3.8) is 0 Å². The molecule has 1 aromatic carbocycles. The lowest BCUT2D eigenvalue weighted by Crippen LogP contribution is -2.31. The number of anilines is 1. The van der Waals surface area contributed by atoms with Crippen molar-refractivity contribution in [1.29, 1.82) is 0 Å². The SMILES string of the molecule is CC(C)CNc1nc2c(c(=O)[nH]c(=O)n2C)n1C[C@H](O)COc1ccc([N+](=O)[O-])cc1. The standard InChI is InChI=1S/C19H24N6O6/c1-11(2)8-20-18-21-16-15(17(27)22-19(28)23(16)3)24(18)9-13(26)10-31-14-6-4-12(5-7-14)25(29)30/h4-7,11,13,26H,8-10H2,1-3H3,(H,20,21)(H,22,27,28)/t13-/m0/s1. The van der Waals surface area contributed by atoms with Gasteiger partial charge in [0, 0.05) is 25.7 Å². The summed E-state index contributed by atoms with van der Waals surface area (Å²) in [5, 5.41) is 24.4. The lowest BCUT2D eigenvalue weighted by molar-refractivity contribution is -0.384. The molecule has 12 heteroatoms. The Morgan fingerprint density at radius 1 is 1.29 bits per heavy atom. The highest BCUT2D eigenvalue weighted by Gasteiger charge is 2.20. The van der Waals surface area contributed by atoms with Gasteiger partial charge in [-0.25, -0.2) is 4.79 Å². The number of aryl methyl sites for hydroxylation is 1. The largest absolute Gasteiger partial charge is 0.491 e. The van der Waals surface area contributed by atoms with Crippen molar-refractivity contribution in [2.24, 2.45) is 13.0 Å². The number of nitrogens with zero attached hydrogens (tertiary/aromatic N) is 4. The number of aromatic amines is 1. The average Bonchev–Trinajstić information content (AvgIpc) is 3.08. The minimum absolute atomic E-state index is 0.0226. The predicted molar refractivity (Wildman–Crippen MR) is 114 cm³/mol. The van der Waals surface area contributed by atoms with Crippen molar-refractivity contribution < 1.29 is 14.8 Å². The number of nitrogens with one attached hydrogen (secondary N) is 2. The summed E-state index contributed by atoms with van der Waals surface area (Å²) in [5.74, 6) is 1.01. The van der Waals surface area contributed by atoms with Gasteiger partial charge in [-0.2, -0.15) is 4.98 Å². The molecular formula is C19H24N6O6. The number of benzene rings is 1. The maximum absolute atomic E-state index is 12.4. The van der Waals surface area contributed by atoms with Crippen molar-refractivity contribution in [2.45, 2.75) is 26.5 Å². The van der Waals surface area contributed by atoms with Gasteiger partial charge >= 0.3 is 5.69 Å². The summed E-state index contributed by atoms with van der Waals surface area (Å²) in [6.07, 6.45) is -1.02. The first-order valence-electron chi connectivity index (χ1n) is 9.66. The van der Waals surface area contributed by atoms with Gasteiger partial charge in [0.1, 0.15) is 18.5 Å². The number of aliphatic hydroxyl groups is 1. The molecule has 3 N–H and O–H groups in total. The van der Waals surface area contributed by atoms with E-state index in [1.165, 1.54) is 40.4 Å². The Labute approximate surface area is 176 Å². The maximum atomic E-state index is 12.4. The summed E-state index contributed by atoms with van der Waals surface area (Å²) in [6.45, 7) is 4.45. The van der Waals surface area contributed by atoms with Crippen LogP contribution >= 0.6 is 0 Å². The van der Waals surface area contributed by atoms with Gasteiger partial charge in [-0.3, -0.25) is 24.5 Å².